The van der Waals surface area contributed by atoms with Crippen molar-refractivity contribution >= 4 is 17.5 Å². The molecule has 1 aliphatic rings. The van der Waals surface area contributed by atoms with Crippen LogP contribution in [0.25, 0.3) is 0 Å². The topological polar surface area (TPSA) is 32.8 Å². The monoisotopic (exact) mass is 408 g/mol. The molecule has 0 unspecified atom stereocenters. The lowest BCUT2D eigenvalue weighted by molar-refractivity contribution is -0.139. The third-order valence-corrected chi connectivity index (χ3v) is 5.29. The van der Waals surface area contributed by atoms with Gasteiger partial charge in [0.15, 0.2) is 6.61 Å². The molecule has 4 nitrogen and oxygen atoms in total. The molecule has 1 saturated heterocycles. The van der Waals surface area contributed by atoms with Crippen molar-refractivity contribution in [2.75, 3.05) is 19.7 Å². The average Bonchev–Trinajstić information content (AvgIpc) is 2.67. The van der Waals surface area contributed by atoms with Crippen molar-refractivity contribution in [1.29, 1.82) is 0 Å². The van der Waals surface area contributed by atoms with E-state index in [0.717, 1.165) is 5.56 Å². The van der Waals surface area contributed by atoms with Crippen LogP contribution in [0.15, 0.2) is 42.5 Å². The number of halogens is 3. The predicted octanol–water partition coefficient (Wildman–Crippen LogP) is 4.12. The van der Waals surface area contributed by atoms with Crippen molar-refractivity contribution < 1.29 is 18.3 Å². The summed E-state index contributed by atoms with van der Waals surface area (Å²) in [5, 5.41) is 0.0124. The molecule has 150 valence electrons. The Morgan fingerprint density at radius 2 is 1.82 bits per heavy atom. The number of hydrogen-bond donors (Lipinski definition) is 0. The molecule has 0 N–H and O–H groups in total. The third kappa shape index (κ3) is 5.00. The van der Waals surface area contributed by atoms with E-state index in [-0.39, 0.29) is 41.2 Å². The zero-order valence-corrected chi connectivity index (χ0v) is 16.6. The Morgan fingerprint density at radius 1 is 1.11 bits per heavy atom. The van der Waals surface area contributed by atoms with Crippen LogP contribution in [0.3, 0.4) is 0 Å². The molecule has 2 aromatic carbocycles. The number of piperazine rings is 1. The Balaban J connectivity index is 1.56. The molecule has 3 rings (SSSR count). The summed E-state index contributed by atoms with van der Waals surface area (Å²) in [7, 11) is 0. The second-order valence-corrected chi connectivity index (χ2v) is 7.57. The molecule has 2 atom stereocenters. The maximum Gasteiger partial charge on any atom is 0.260 e. The first kappa shape index (κ1) is 20.6. The zero-order valence-electron chi connectivity index (χ0n) is 15.9. The minimum atomic E-state index is -0.581. The average molecular weight is 409 g/mol. The molecule has 0 aliphatic carbocycles. The van der Waals surface area contributed by atoms with Crippen molar-refractivity contribution in [3.05, 3.63) is 64.7 Å². The van der Waals surface area contributed by atoms with Crippen LogP contribution in [0.1, 0.15) is 19.4 Å². The van der Waals surface area contributed by atoms with E-state index in [4.69, 9.17) is 16.3 Å². The largest absolute Gasteiger partial charge is 0.484 e. The van der Waals surface area contributed by atoms with Crippen LogP contribution in [0.2, 0.25) is 5.02 Å². The summed E-state index contributed by atoms with van der Waals surface area (Å²) in [6, 6.07) is 10.7. The molecule has 1 amide bonds. The van der Waals surface area contributed by atoms with Crippen LogP contribution in [-0.2, 0) is 11.3 Å². The number of carbonyl (C=O) groups is 1. The fraction of sp³-hybridized carbons (Fsp3) is 0.381. The Morgan fingerprint density at radius 3 is 2.50 bits per heavy atom. The molecule has 1 aliphatic heterocycles. The number of rotatable bonds is 5. The summed E-state index contributed by atoms with van der Waals surface area (Å²) in [5.41, 5.74) is 1.04. The number of carbonyl (C=O) groups excluding carboxylic acids is 1. The first-order chi connectivity index (χ1) is 13.3. The number of amides is 1. The summed E-state index contributed by atoms with van der Waals surface area (Å²) in [4.78, 5) is 16.7. The lowest BCUT2D eigenvalue weighted by Crippen LogP contribution is -2.58. The predicted molar refractivity (Wildman–Crippen MR) is 104 cm³/mol. The van der Waals surface area contributed by atoms with E-state index >= 15 is 0 Å². The fourth-order valence-electron chi connectivity index (χ4n) is 3.38. The fourth-order valence-corrected chi connectivity index (χ4v) is 3.50. The van der Waals surface area contributed by atoms with Gasteiger partial charge in [-0.3, -0.25) is 9.69 Å². The van der Waals surface area contributed by atoms with Gasteiger partial charge in [-0.05, 0) is 43.7 Å². The smallest absolute Gasteiger partial charge is 0.260 e. The second kappa shape index (κ2) is 8.88. The van der Waals surface area contributed by atoms with Crippen LogP contribution >= 0.6 is 11.6 Å². The van der Waals surface area contributed by atoms with Gasteiger partial charge in [-0.25, -0.2) is 8.78 Å². The number of benzene rings is 2. The second-order valence-electron chi connectivity index (χ2n) is 7.16. The van der Waals surface area contributed by atoms with E-state index in [1.165, 1.54) is 30.3 Å². The van der Waals surface area contributed by atoms with Gasteiger partial charge in [0.25, 0.3) is 5.91 Å². The van der Waals surface area contributed by atoms with Crippen molar-refractivity contribution in [2.24, 2.45) is 0 Å². The molecule has 1 heterocycles. The maximum atomic E-state index is 13.5. The highest BCUT2D eigenvalue weighted by Gasteiger charge is 2.32. The summed E-state index contributed by atoms with van der Waals surface area (Å²) in [5.74, 6) is -0.703. The lowest BCUT2D eigenvalue weighted by Gasteiger charge is -2.44. The van der Waals surface area contributed by atoms with Crippen molar-refractivity contribution in [3.8, 4) is 5.75 Å². The van der Waals surface area contributed by atoms with Crippen molar-refractivity contribution in [3.63, 3.8) is 0 Å². The number of nitrogens with zero attached hydrogens (tertiary/aromatic N) is 2. The van der Waals surface area contributed by atoms with Crippen LogP contribution in [-0.4, -0.2) is 47.5 Å². The van der Waals surface area contributed by atoms with Gasteiger partial charge < -0.3 is 9.64 Å². The molecule has 2 aromatic rings. The maximum absolute atomic E-state index is 13.5. The quantitative estimate of drug-likeness (QED) is 0.746. The van der Waals surface area contributed by atoms with Gasteiger partial charge in [0.1, 0.15) is 17.4 Å². The Kier molecular flexibility index (Phi) is 6.52. The highest BCUT2D eigenvalue weighted by atomic mass is 35.5. The SMILES string of the molecule is C[C@@H]1CN(Cc2ccc(F)cc2)[C@@H](C)CN1C(=O)COc1ccc(Cl)c(F)c1. The van der Waals surface area contributed by atoms with Gasteiger partial charge in [0.05, 0.1) is 5.02 Å². The van der Waals surface area contributed by atoms with E-state index in [9.17, 15) is 13.6 Å². The molecule has 0 aromatic heterocycles. The molecule has 0 radical (unpaired) electrons. The molecule has 28 heavy (non-hydrogen) atoms. The molecular formula is C21H23ClF2N2O2. The molecule has 0 saturated carbocycles. The van der Waals surface area contributed by atoms with Gasteiger partial charge in [-0.2, -0.15) is 0 Å². The van der Waals surface area contributed by atoms with Gasteiger partial charge in [-0.15, -0.1) is 0 Å². The highest BCUT2D eigenvalue weighted by molar-refractivity contribution is 6.30. The van der Waals surface area contributed by atoms with E-state index in [0.29, 0.717) is 19.6 Å². The minimum absolute atomic E-state index is 0.00898. The summed E-state index contributed by atoms with van der Waals surface area (Å²) in [6.45, 7) is 5.87. The van der Waals surface area contributed by atoms with Gasteiger partial charge >= 0.3 is 0 Å². The van der Waals surface area contributed by atoms with Crippen molar-refractivity contribution in [2.45, 2.75) is 32.5 Å². The standard InChI is InChI=1S/C21H23ClF2N2O2/c1-14-11-26(21(27)13-28-18-7-8-19(22)20(24)9-18)15(2)10-25(14)12-16-3-5-17(23)6-4-16/h3-9,14-15H,10-13H2,1-2H3/t14-,15+/m0/s1. The molecule has 0 bridgehead atoms. The van der Waals surface area contributed by atoms with Gasteiger partial charge in [0, 0.05) is 37.8 Å². The van der Waals surface area contributed by atoms with E-state index in [2.05, 4.69) is 11.8 Å². The minimum Gasteiger partial charge on any atom is -0.484 e. The lowest BCUT2D eigenvalue weighted by atomic mass is 10.1. The van der Waals surface area contributed by atoms with E-state index in [1.807, 2.05) is 6.92 Å². The molecule has 7 heteroatoms. The number of hydrogen-bond acceptors (Lipinski definition) is 3. The van der Waals surface area contributed by atoms with E-state index < -0.39 is 5.82 Å². The van der Waals surface area contributed by atoms with Gasteiger partial charge in [0.2, 0.25) is 0 Å². The van der Waals surface area contributed by atoms with Crippen LogP contribution in [0, 0.1) is 11.6 Å². The summed E-state index contributed by atoms with van der Waals surface area (Å²) >= 11 is 5.65. The van der Waals surface area contributed by atoms with Crippen LogP contribution < -0.4 is 4.74 Å². The van der Waals surface area contributed by atoms with Crippen LogP contribution in [0.4, 0.5) is 8.78 Å². The third-order valence-electron chi connectivity index (χ3n) is 4.99. The Bertz CT molecular complexity index is 832. The zero-order chi connectivity index (χ0) is 20.3. The molecule has 1 fully saturated rings. The number of ether oxygens (including phenoxy) is 1. The van der Waals surface area contributed by atoms with Crippen molar-refractivity contribution in [1.82, 2.24) is 9.80 Å². The highest BCUT2D eigenvalue weighted by Crippen LogP contribution is 2.22. The van der Waals surface area contributed by atoms with Crippen LogP contribution in [0.5, 0.6) is 5.75 Å². The van der Waals surface area contributed by atoms with Gasteiger partial charge in [-0.1, -0.05) is 23.7 Å². The van der Waals surface area contributed by atoms with E-state index in [1.54, 1.807) is 17.0 Å². The Hall–Kier alpha value is -2.18. The first-order valence-electron chi connectivity index (χ1n) is 9.19. The molecule has 0 spiro atoms. The summed E-state index contributed by atoms with van der Waals surface area (Å²) in [6.07, 6.45) is 0. The Labute approximate surface area is 168 Å². The molecular weight excluding hydrogens is 386 g/mol. The first-order valence-corrected chi connectivity index (χ1v) is 9.57. The summed E-state index contributed by atoms with van der Waals surface area (Å²) < 4.78 is 32.0. The normalized spacial score (nSPS) is 20.2.